The molecule has 1 aromatic rings. The topological polar surface area (TPSA) is 66.4 Å². The molecular weight excluding hydrogens is 261 g/mol. The van der Waals surface area contributed by atoms with Gasteiger partial charge in [-0.1, -0.05) is 31.0 Å². The number of aliphatic carboxylic acids is 1. The highest BCUT2D eigenvalue weighted by Crippen LogP contribution is 2.24. The van der Waals surface area contributed by atoms with E-state index >= 15 is 0 Å². The van der Waals surface area contributed by atoms with E-state index in [-0.39, 0.29) is 18.4 Å². The number of carboxylic acid groups (broad SMARTS) is 1. The third-order valence-corrected chi connectivity index (χ3v) is 3.74. The molecule has 5 heteroatoms. The lowest BCUT2D eigenvalue weighted by atomic mass is 9.84. The van der Waals surface area contributed by atoms with Gasteiger partial charge in [-0.05, 0) is 24.5 Å². The first kappa shape index (κ1) is 14.5. The van der Waals surface area contributed by atoms with Gasteiger partial charge in [0.2, 0.25) is 5.91 Å². The molecule has 2 N–H and O–H groups in total. The Hall–Kier alpha value is -1.91. The van der Waals surface area contributed by atoms with Crippen molar-refractivity contribution < 1.29 is 19.1 Å². The lowest BCUT2D eigenvalue weighted by molar-refractivity contribution is -0.144. The third-order valence-electron chi connectivity index (χ3n) is 3.74. The van der Waals surface area contributed by atoms with Crippen LogP contribution < -0.4 is 5.32 Å². The predicted octanol–water partition coefficient (Wildman–Crippen LogP) is 2.13. The van der Waals surface area contributed by atoms with E-state index in [9.17, 15) is 14.0 Å². The van der Waals surface area contributed by atoms with Gasteiger partial charge in [-0.2, -0.15) is 0 Å². The minimum atomic E-state index is -0.874. The van der Waals surface area contributed by atoms with Gasteiger partial charge in [-0.3, -0.25) is 9.59 Å². The van der Waals surface area contributed by atoms with E-state index in [0.29, 0.717) is 18.4 Å². The predicted molar refractivity (Wildman–Crippen MR) is 71.6 cm³/mol. The number of nitrogens with one attached hydrogen (secondary N) is 1. The van der Waals surface area contributed by atoms with Crippen LogP contribution in [0.1, 0.15) is 31.2 Å². The fourth-order valence-corrected chi connectivity index (χ4v) is 2.67. The van der Waals surface area contributed by atoms with E-state index < -0.39 is 17.7 Å². The third kappa shape index (κ3) is 3.56. The van der Waals surface area contributed by atoms with Crippen molar-refractivity contribution in [2.24, 2.45) is 5.92 Å². The lowest BCUT2D eigenvalue weighted by Gasteiger charge is -2.29. The van der Waals surface area contributed by atoms with Crippen LogP contribution in [0.3, 0.4) is 0 Å². The van der Waals surface area contributed by atoms with Gasteiger partial charge in [-0.25, -0.2) is 4.39 Å². The van der Waals surface area contributed by atoms with Crippen molar-refractivity contribution in [3.63, 3.8) is 0 Å². The molecule has 2 rings (SSSR count). The number of amides is 1. The average Bonchev–Trinajstić information content (AvgIpc) is 2.41. The second-order valence-corrected chi connectivity index (χ2v) is 5.17. The summed E-state index contributed by atoms with van der Waals surface area (Å²) in [5.41, 5.74) is 0.327. The zero-order chi connectivity index (χ0) is 14.5. The smallest absolute Gasteiger partial charge is 0.308 e. The Morgan fingerprint density at radius 1 is 1.25 bits per heavy atom. The molecule has 1 fully saturated rings. The molecule has 2 unspecified atom stereocenters. The van der Waals surface area contributed by atoms with Crippen LogP contribution in [0.5, 0.6) is 0 Å². The van der Waals surface area contributed by atoms with Gasteiger partial charge in [0, 0.05) is 6.04 Å². The maximum atomic E-state index is 13.5. The summed E-state index contributed by atoms with van der Waals surface area (Å²) in [6.45, 7) is 0. The zero-order valence-electron chi connectivity index (χ0n) is 11.1. The standard InChI is InChI=1S/C15H18FNO3/c16-12-7-3-1-5-10(12)9-14(18)17-13-8-4-2-6-11(13)15(19)20/h1,3,5,7,11,13H,2,4,6,8-9H2,(H,17,18)(H,19,20). The molecule has 4 nitrogen and oxygen atoms in total. The fourth-order valence-electron chi connectivity index (χ4n) is 2.67. The number of rotatable bonds is 4. The first-order chi connectivity index (χ1) is 9.58. The van der Waals surface area contributed by atoms with Gasteiger partial charge >= 0.3 is 5.97 Å². The first-order valence-corrected chi connectivity index (χ1v) is 6.83. The zero-order valence-corrected chi connectivity index (χ0v) is 11.1. The van der Waals surface area contributed by atoms with Gasteiger partial charge in [0.25, 0.3) is 0 Å². The maximum Gasteiger partial charge on any atom is 0.308 e. The van der Waals surface area contributed by atoms with Crippen LogP contribution in [0, 0.1) is 11.7 Å². The van der Waals surface area contributed by atoms with Crippen molar-refractivity contribution in [1.29, 1.82) is 0 Å². The molecule has 2 atom stereocenters. The normalized spacial score (nSPS) is 22.2. The summed E-state index contributed by atoms with van der Waals surface area (Å²) in [6, 6.07) is 5.76. The van der Waals surface area contributed by atoms with Crippen LogP contribution in [0.15, 0.2) is 24.3 Å². The summed E-state index contributed by atoms with van der Waals surface area (Å²) in [5, 5.41) is 11.9. The van der Waals surface area contributed by atoms with Crippen LogP contribution >= 0.6 is 0 Å². The molecule has 1 aliphatic rings. The summed E-state index contributed by atoms with van der Waals surface area (Å²) in [7, 11) is 0. The Morgan fingerprint density at radius 2 is 1.95 bits per heavy atom. The number of halogens is 1. The Balaban J connectivity index is 1.96. The van der Waals surface area contributed by atoms with Crippen LogP contribution in [0.4, 0.5) is 4.39 Å². The van der Waals surface area contributed by atoms with E-state index in [1.54, 1.807) is 18.2 Å². The number of carbonyl (C=O) groups excluding carboxylic acids is 1. The molecule has 1 aromatic carbocycles. The molecule has 0 saturated heterocycles. The first-order valence-electron chi connectivity index (χ1n) is 6.83. The van der Waals surface area contributed by atoms with Gasteiger partial charge in [0.1, 0.15) is 5.82 Å². The number of carbonyl (C=O) groups is 2. The molecule has 1 amide bonds. The van der Waals surface area contributed by atoms with Crippen LogP contribution in [0.25, 0.3) is 0 Å². The number of carboxylic acids is 1. The second kappa shape index (κ2) is 6.50. The molecule has 0 heterocycles. The number of hydrogen-bond donors (Lipinski definition) is 2. The van der Waals surface area contributed by atoms with Crippen molar-refractivity contribution in [2.45, 2.75) is 38.1 Å². The molecule has 0 bridgehead atoms. The van der Waals surface area contributed by atoms with Crippen molar-refractivity contribution in [3.05, 3.63) is 35.6 Å². The van der Waals surface area contributed by atoms with E-state index in [1.165, 1.54) is 6.07 Å². The van der Waals surface area contributed by atoms with Crippen molar-refractivity contribution in [3.8, 4) is 0 Å². The molecular formula is C15H18FNO3. The SMILES string of the molecule is O=C(Cc1ccccc1F)NC1CCCCC1C(=O)O. The summed E-state index contributed by atoms with van der Waals surface area (Å²) in [4.78, 5) is 23.1. The van der Waals surface area contributed by atoms with Crippen LogP contribution in [-0.4, -0.2) is 23.0 Å². The monoisotopic (exact) mass is 279 g/mol. The Morgan fingerprint density at radius 3 is 2.65 bits per heavy atom. The molecule has 1 saturated carbocycles. The summed E-state index contributed by atoms with van der Waals surface area (Å²) in [5.74, 6) is -2.15. The van der Waals surface area contributed by atoms with Crippen molar-refractivity contribution >= 4 is 11.9 Å². The average molecular weight is 279 g/mol. The van der Waals surface area contributed by atoms with Gasteiger partial charge in [0.15, 0.2) is 0 Å². The maximum absolute atomic E-state index is 13.5. The highest BCUT2D eigenvalue weighted by Gasteiger charge is 2.31. The minimum Gasteiger partial charge on any atom is -0.481 e. The summed E-state index contributed by atoms with van der Waals surface area (Å²) >= 11 is 0. The van der Waals surface area contributed by atoms with Crippen molar-refractivity contribution in [1.82, 2.24) is 5.32 Å². The molecule has 108 valence electrons. The molecule has 0 radical (unpaired) electrons. The van der Waals surface area contributed by atoms with Crippen LogP contribution in [-0.2, 0) is 16.0 Å². The van der Waals surface area contributed by atoms with Gasteiger partial charge in [-0.15, -0.1) is 0 Å². The second-order valence-electron chi connectivity index (χ2n) is 5.17. The highest BCUT2D eigenvalue weighted by atomic mass is 19.1. The largest absolute Gasteiger partial charge is 0.481 e. The molecule has 0 aromatic heterocycles. The summed E-state index contributed by atoms with van der Waals surface area (Å²) in [6.07, 6.45) is 2.97. The Kier molecular flexibility index (Phi) is 4.71. The molecule has 1 aliphatic carbocycles. The van der Waals surface area contributed by atoms with E-state index in [2.05, 4.69) is 5.32 Å². The van der Waals surface area contributed by atoms with E-state index in [4.69, 9.17) is 5.11 Å². The number of benzene rings is 1. The van der Waals surface area contributed by atoms with Crippen molar-refractivity contribution in [2.75, 3.05) is 0 Å². The quantitative estimate of drug-likeness (QED) is 0.887. The van der Waals surface area contributed by atoms with E-state index in [1.807, 2.05) is 0 Å². The summed E-state index contributed by atoms with van der Waals surface area (Å²) < 4.78 is 13.5. The molecule has 0 aliphatic heterocycles. The minimum absolute atomic E-state index is 0.0600. The highest BCUT2D eigenvalue weighted by molar-refractivity contribution is 5.80. The number of hydrogen-bond acceptors (Lipinski definition) is 2. The fraction of sp³-hybridized carbons (Fsp3) is 0.467. The van der Waals surface area contributed by atoms with Crippen LogP contribution in [0.2, 0.25) is 0 Å². The Bertz CT molecular complexity index is 504. The molecule has 0 spiro atoms. The Labute approximate surface area is 117 Å². The lowest BCUT2D eigenvalue weighted by Crippen LogP contribution is -2.45. The van der Waals surface area contributed by atoms with E-state index in [0.717, 1.165) is 12.8 Å². The van der Waals surface area contributed by atoms with Gasteiger partial charge < -0.3 is 10.4 Å². The van der Waals surface area contributed by atoms with Gasteiger partial charge in [0.05, 0.1) is 12.3 Å². The molecule has 20 heavy (non-hydrogen) atoms.